The monoisotopic (exact) mass is 357 g/mol. The molecule has 2 aliphatic heterocycles. The molecule has 0 spiro atoms. The molecule has 4 rings (SSSR count). The lowest BCUT2D eigenvalue weighted by atomic mass is 10.0. The van der Waals surface area contributed by atoms with E-state index in [0.29, 0.717) is 29.1 Å². The van der Waals surface area contributed by atoms with E-state index >= 15 is 0 Å². The van der Waals surface area contributed by atoms with Crippen molar-refractivity contribution in [2.24, 2.45) is 5.92 Å². The number of nitrogens with zero attached hydrogens (tertiary/aromatic N) is 2. The average molecular weight is 357 g/mol. The number of aromatic nitrogens is 2. The normalized spacial score (nSPS) is 17.2. The zero-order chi connectivity index (χ0) is 17.9. The molecule has 0 saturated carbocycles. The Labute approximate surface area is 151 Å². The van der Waals surface area contributed by atoms with Gasteiger partial charge in [-0.2, -0.15) is 0 Å². The largest absolute Gasteiger partial charge is 0.484 e. The predicted octanol–water partition coefficient (Wildman–Crippen LogP) is 1.26. The molecule has 0 aliphatic carbocycles. The summed E-state index contributed by atoms with van der Waals surface area (Å²) in [6, 6.07) is 5.22. The second kappa shape index (κ2) is 7.45. The van der Waals surface area contributed by atoms with E-state index in [0.717, 1.165) is 51.3 Å². The maximum absolute atomic E-state index is 12.6. The Kier molecular flexibility index (Phi) is 4.88. The van der Waals surface area contributed by atoms with Gasteiger partial charge in [0.15, 0.2) is 6.61 Å². The van der Waals surface area contributed by atoms with Crippen molar-refractivity contribution >= 4 is 16.8 Å². The first-order valence-corrected chi connectivity index (χ1v) is 9.21. The highest BCUT2D eigenvalue weighted by molar-refractivity contribution is 5.80. The van der Waals surface area contributed by atoms with E-state index < -0.39 is 0 Å². The van der Waals surface area contributed by atoms with Gasteiger partial charge in [0.05, 0.1) is 10.9 Å². The highest BCUT2D eigenvalue weighted by atomic mass is 16.5. The van der Waals surface area contributed by atoms with Gasteiger partial charge in [0, 0.05) is 32.7 Å². The molecular formula is C19H23N3O4. The molecule has 0 radical (unpaired) electrons. The number of aryl methyl sites for hydroxylation is 1. The fraction of sp³-hybridized carbons (Fsp3) is 0.526. The molecule has 0 bridgehead atoms. The number of fused-ring (bicyclic) bond motifs is 2. The van der Waals surface area contributed by atoms with Crippen LogP contribution in [0, 0.1) is 5.92 Å². The molecule has 1 amide bonds. The summed E-state index contributed by atoms with van der Waals surface area (Å²) >= 11 is 0. The Bertz CT molecular complexity index is 871. The van der Waals surface area contributed by atoms with Crippen LogP contribution in [-0.2, 0) is 22.5 Å². The lowest BCUT2D eigenvalue weighted by molar-refractivity contribution is -0.123. The van der Waals surface area contributed by atoms with Crippen LogP contribution in [0.1, 0.15) is 25.1 Å². The van der Waals surface area contributed by atoms with Crippen LogP contribution in [0.25, 0.3) is 10.9 Å². The van der Waals surface area contributed by atoms with Crippen LogP contribution < -0.4 is 15.6 Å². The molecule has 7 nitrogen and oxygen atoms in total. The van der Waals surface area contributed by atoms with Gasteiger partial charge in [0.25, 0.3) is 11.5 Å². The molecule has 0 atom stereocenters. The number of amides is 1. The van der Waals surface area contributed by atoms with Crippen LogP contribution in [0.5, 0.6) is 5.75 Å². The standard InChI is InChI=1S/C19H23N3O4/c23-18(20-11-13-5-8-25-9-6-13)12-26-14-3-4-16-15(10-14)19(24)22-7-1-2-17(22)21-16/h3-4,10,13H,1-2,5-9,11-12H2,(H,20,23). The minimum atomic E-state index is -0.152. The number of ether oxygens (including phenoxy) is 2. The van der Waals surface area contributed by atoms with Crippen LogP contribution in [0.3, 0.4) is 0 Å². The Morgan fingerprint density at radius 3 is 3.04 bits per heavy atom. The SMILES string of the molecule is O=C(COc1ccc2nc3n(c(=O)c2c1)CCC3)NCC1CCOCC1. The fourth-order valence-electron chi connectivity index (χ4n) is 3.56. The third kappa shape index (κ3) is 3.58. The first kappa shape index (κ1) is 17.0. The molecule has 2 aromatic rings. The maximum Gasteiger partial charge on any atom is 0.261 e. The number of nitrogens with one attached hydrogen (secondary N) is 1. The molecule has 3 heterocycles. The van der Waals surface area contributed by atoms with E-state index in [1.165, 1.54) is 0 Å². The topological polar surface area (TPSA) is 82.5 Å². The van der Waals surface area contributed by atoms with E-state index in [-0.39, 0.29) is 18.1 Å². The first-order valence-electron chi connectivity index (χ1n) is 9.21. The third-order valence-electron chi connectivity index (χ3n) is 5.09. The number of rotatable bonds is 5. The van der Waals surface area contributed by atoms with E-state index in [4.69, 9.17) is 9.47 Å². The summed E-state index contributed by atoms with van der Waals surface area (Å²) in [6.45, 7) is 2.84. The van der Waals surface area contributed by atoms with Gasteiger partial charge in [-0.3, -0.25) is 14.2 Å². The molecule has 7 heteroatoms. The van der Waals surface area contributed by atoms with Crippen molar-refractivity contribution in [3.63, 3.8) is 0 Å². The summed E-state index contributed by atoms with van der Waals surface area (Å²) in [6.07, 6.45) is 3.76. The minimum Gasteiger partial charge on any atom is -0.484 e. The van der Waals surface area contributed by atoms with Crippen LogP contribution in [0.2, 0.25) is 0 Å². The quantitative estimate of drug-likeness (QED) is 0.871. The highest BCUT2D eigenvalue weighted by Gasteiger charge is 2.17. The molecule has 2 aliphatic rings. The number of benzene rings is 1. The summed E-state index contributed by atoms with van der Waals surface area (Å²) in [5.74, 6) is 1.68. The number of hydrogen-bond donors (Lipinski definition) is 1. The van der Waals surface area contributed by atoms with E-state index in [1.54, 1.807) is 22.8 Å². The molecule has 1 fully saturated rings. The zero-order valence-electron chi connectivity index (χ0n) is 14.7. The van der Waals surface area contributed by atoms with Gasteiger partial charge in [-0.1, -0.05) is 0 Å². The molecule has 1 saturated heterocycles. The van der Waals surface area contributed by atoms with Gasteiger partial charge in [-0.25, -0.2) is 4.98 Å². The molecule has 0 unspecified atom stereocenters. The van der Waals surface area contributed by atoms with E-state index in [2.05, 4.69) is 10.3 Å². The van der Waals surface area contributed by atoms with Gasteiger partial charge in [0.2, 0.25) is 0 Å². The number of carbonyl (C=O) groups is 1. The van der Waals surface area contributed by atoms with Crippen molar-refractivity contribution in [3.05, 3.63) is 34.4 Å². The smallest absolute Gasteiger partial charge is 0.261 e. The van der Waals surface area contributed by atoms with Gasteiger partial charge in [0.1, 0.15) is 11.6 Å². The molecule has 1 aromatic heterocycles. The van der Waals surface area contributed by atoms with Crippen molar-refractivity contribution in [3.8, 4) is 5.75 Å². The average Bonchev–Trinajstić information content (AvgIpc) is 3.15. The van der Waals surface area contributed by atoms with Crippen LogP contribution in [0.4, 0.5) is 0 Å². The van der Waals surface area contributed by atoms with Gasteiger partial charge < -0.3 is 14.8 Å². The molecule has 26 heavy (non-hydrogen) atoms. The van der Waals surface area contributed by atoms with Crippen molar-refractivity contribution in [1.29, 1.82) is 0 Å². The summed E-state index contributed by atoms with van der Waals surface area (Å²) in [5.41, 5.74) is 0.649. The number of hydrogen-bond acceptors (Lipinski definition) is 5. The Morgan fingerprint density at radius 1 is 1.35 bits per heavy atom. The van der Waals surface area contributed by atoms with Crippen molar-refractivity contribution in [2.45, 2.75) is 32.2 Å². The summed E-state index contributed by atoms with van der Waals surface area (Å²) in [4.78, 5) is 29.1. The first-order chi connectivity index (χ1) is 12.7. The molecule has 1 aromatic carbocycles. The Morgan fingerprint density at radius 2 is 2.19 bits per heavy atom. The second-order valence-electron chi connectivity index (χ2n) is 6.92. The highest BCUT2D eigenvalue weighted by Crippen LogP contribution is 2.20. The second-order valence-corrected chi connectivity index (χ2v) is 6.92. The maximum atomic E-state index is 12.6. The molecular weight excluding hydrogens is 334 g/mol. The zero-order valence-corrected chi connectivity index (χ0v) is 14.7. The third-order valence-corrected chi connectivity index (χ3v) is 5.09. The summed E-state index contributed by atoms with van der Waals surface area (Å²) in [7, 11) is 0. The van der Waals surface area contributed by atoms with Crippen LogP contribution >= 0.6 is 0 Å². The Hall–Kier alpha value is -2.41. The minimum absolute atomic E-state index is 0.0306. The lowest BCUT2D eigenvalue weighted by Crippen LogP contribution is -2.35. The number of carbonyl (C=O) groups excluding carboxylic acids is 1. The molecule has 138 valence electrons. The van der Waals surface area contributed by atoms with Gasteiger partial charge >= 0.3 is 0 Å². The molecule has 1 N–H and O–H groups in total. The van der Waals surface area contributed by atoms with E-state index in [9.17, 15) is 9.59 Å². The van der Waals surface area contributed by atoms with Crippen LogP contribution in [-0.4, -0.2) is 41.8 Å². The van der Waals surface area contributed by atoms with Gasteiger partial charge in [-0.05, 0) is 43.4 Å². The summed E-state index contributed by atoms with van der Waals surface area (Å²) in [5, 5.41) is 3.45. The van der Waals surface area contributed by atoms with Crippen molar-refractivity contribution < 1.29 is 14.3 Å². The fourth-order valence-corrected chi connectivity index (χ4v) is 3.56. The summed E-state index contributed by atoms with van der Waals surface area (Å²) < 4.78 is 12.6. The van der Waals surface area contributed by atoms with Crippen molar-refractivity contribution in [2.75, 3.05) is 26.4 Å². The van der Waals surface area contributed by atoms with Crippen molar-refractivity contribution in [1.82, 2.24) is 14.9 Å². The van der Waals surface area contributed by atoms with Crippen LogP contribution in [0.15, 0.2) is 23.0 Å². The lowest BCUT2D eigenvalue weighted by Gasteiger charge is -2.22. The Balaban J connectivity index is 1.38. The predicted molar refractivity (Wildman–Crippen MR) is 96.4 cm³/mol. The van der Waals surface area contributed by atoms with Gasteiger partial charge in [-0.15, -0.1) is 0 Å². The van der Waals surface area contributed by atoms with E-state index in [1.807, 2.05) is 0 Å².